The van der Waals surface area contributed by atoms with Crippen LogP contribution in [0.3, 0.4) is 0 Å². The molecular weight excluding hydrogens is 209 g/mol. The first-order chi connectivity index (χ1) is 6.93. The maximum absolute atomic E-state index is 13.5. The summed E-state index contributed by atoms with van der Waals surface area (Å²) in [6.07, 6.45) is 0. The quantitative estimate of drug-likeness (QED) is 0.729. The highest BCUT2D eigenvalue weighted by molar-refractivity contribution is 5.96. The average molecular weight is 218 g/mol. The maximum Gasteiger partial charge on any atom is 0.387 e. The standard InChI is InChI=1S/C10H9F3O2/c1-5-3-4-7(15-10(12)13)9(11)8(5)6(2)14/h3-4,10H,1-2H3. The van der Waals surface area contributed by atoms with Crippen molar-refractivity contribution in [2.24, 2.45) is 0 Å². The zero-order chi connectivity index (χ0) is 11.6. The van der Waals surface area contributed by atoms with Crippen LogP contribution < -0.4 is 4.74 Å². The zero-order valence-electron chi connectivity index (χ0n) is 8.18. The lowest BCUT2D eigenvalue weighted by atomic mass is 10.0. The summed E-state index contributed by atoms with van der Waals surface area (Å²) >= 11 is 0. The predicted molar refractivity (Wildman–Crippen MR) is 47.8 cm³/mol. The molecule has 0 aliphatic rings. The maximum atomic E-state index is 13.5. The van der Waals surface area contributed by atoms with Crippen LogP contribution in [-0.2, 0) is 0 Å². The molecule has 0 N–H and O–H groups in total. The first-order valence-corrected chi connectivity index (χ1v) is 4.18. The molecule has 0 fully saturated rings. The molecule has 1 aromatic rings. The number of rotatable bonds is 3. The number of carbonyl (C=O) groups is 1. The monoisotopic (exact) mass is 218 g/mol. The van der Waals surface area contributed by atoms with Crippen LogP contribution in [-0.4, -0.2) is 12.4 Å². The molecule has 1 aromatic carbocycles. The molecule has 0 unspecified atom stereocenters. The summed E-state index contributed by atoms with van der Waals surface area (Å²) in [6.45, 7) is -0.425. The van der Waals surface area contributed by atoms with Gasteiger partial charge in [0.05, 0.1) is 5.56 Å². The van der Waals surface area contributed by atoms with Crippen molar-refractivity contribution in [2.75, 3.05) is 0 Å². The molecule has 0 atom stereocenters. The highest BCUT2D eigenvalue weighted by Crippen LogP contribution is 2.25. The Morgan fingerprint density at radius 3 is 2.47 bits per heavy atom. The topological polar surface area (TPSA) is 26.3 Å². The number of aryl methyl sites for hydroxylation is 1. The molecule has 0 aliphatic heterocycles. The zero-order valence-corrected chi connectivity index (χ0v) is 8.18. The van der Waals surface area contributed by atoms with Crippen LogP contribution in [0.25, 0.3) is 0 Å². The van der Waals surface area contributed by atoms with Gasteiger partial charge in [-0.2, -0.15) is 8.78 Å². The van der Waals surface area contributed by atoms with E-state index in [-0.39, 0.29) is 5.56 Å². The molecule has 0 aromatic heterocycles. The number of alkyl halides is 2. The SMILES string of the molecule is CC(=O)c1c(C)ccc(OC(F)F)c1F. The molecule has 0 bridgehead atoms. The van der Waals surface area contributed by atoms with Gasteiger partial charge in [-0.25, -0.2) is 4.39 Å². The van der Waals surface area contributed by atoms with Gasteiger partial charge < -0.3 is 4.74 Å². The van der Waals surface area contributed by atoms with E-state index in [1.165, 1.54) is 13.0 Å². The summed E-state index contributed by atoms with van der Waals surface area (Å²) in [4.78, 5) is 11.0. The van der Waals surface area contributed by atoms with E-state index in [2.05, 4.69) is 4.74 Å². The molecule has 0 heterocycles. The highest BCUT2D eigenvalue weighted by Gasteiger charge is 2.17. The molecule has 5 heteroatoms. The molecule has 0 saturated heterocycles. The summed E-state index contributed by atoms with van der Waals surface area (Å²) in [5.74, 6) is -2.17. The Morgan fingerprint density at radius 2 is 2.00 bits per heavy atom. The first-order valence-electron chi connectivity index (χ1n) is 4.18. The van der Waals surface area contributed by atoms with Gasteiger partial charge >= 0.3 is 6.61 Å². The smallest absolute Gasteiger partial charge is 0.387 e. The Balaban J connectivity index is 3.22. The Morgan fingerprint density at radius 1 is 1.40 bits per heavy atom. The Bertz CT molecular complexity index is 388. The fourth-order valence-corrected chi connectivity index (χ4v) is 1.27. The second-order valence-electron chi connectivity index (χ2n) is 3.00. The van der Waals surface area contributed by atoms with E-state index < -0.39 is 24.0 Å². The van der Waals surface area contributed by atoms with Crippen LogP contribution in [0.5, 0.6) is 5.75 Å². The molecule has 1 rings (SSSR count). The largest absolute Gasteiger partial charge is 0.432 e. The van der Waals surface area contributed by atoms with Gasteiger partial charge in [-0.05, 0) is 25.5 Å². The van der Waals surface area contributed by atoms with Crippen molar-refractivity contribution in [1.29, 1.82) is 0 Å². The van der Waals surface area contributed by atoms with Crippen LogP contribution in [0, 0.1) is 12.7 Å². The van der Waals surface area contributed by atoms with E-state index in [4.69, 9.17) is 0 Å². The average Bonchev–Trinajstić information content (AvgIpc) is 2.09. The predicted octanol–water partition coefficient (Wildman–Crippen LogP) is 2.94. The van der Waals surface area contributed by atoms with Crippen LogP contribution in [0.15, 0.2) is 12.1 Å². The third kappa shape index (κ3) is 2.49. The second kappa shape index (κ2) is 4.33. The van der Waals surface area contributed by atoms with E-state index in [0.717, 1.165) is 13.0 Å². The lowest BCUT2D eigenvalue weighted by Crippen LogP contribution is -2.08. The number of halogens is 3. The molecule has 0 saturated carbocycles. The second-order valence-corrected chi connectivity index (χ2v) is 3.00. The van der Waals surface area contributed by atoms with Crippen molar-refractivity contribution < 1.29 is 22.7 Å². The molecule has 15 heavy (non-hydrogen) atoms. The third-order valence-electron chi connectivity index (χ3n) is 1.88. The minimum Gasteiger partial charge on any atom is -0.432 e. The molecule has 0 amide bonds. The van der Waals surface area contributed by atoms with Gasteiger partial charge in [0.1, 0.15) is 0 Å². The Labute approximate surface area is 84.7 Å². The third-order valence-corrected chi connectivity index (χ3v) is 1.88. The minimum atomic E-state index is -3.11. The number of benzene rings is 1. The number of Topliss-reactive ketones (excluding diaryl/α,β-unsaturated/α-hetero) is 1. The number of hydrogen-bond donors (Lipinski definition) is 0. The Kier molecular flexibility index (Phi) is 3.34. The molecule has 0 aliphatic carbocycles. The Hall–Kier alpha value is -1.52. The van der Waals surface area contributed by atoms with Gasteiger partial charge in [-0.15, -0.1) is 0 Å². The number of hydrogen-bond acceptors (Lipinski definition) is 2. The first kappa shape index (κ1) is 11.6. The van der Waals surface area contributed by atoms with Crippen molar-refractivity contribution in [3.63, 3.8) is 0 Å². The number of carbonyl (C=O) groups excluding carboxylic acids is 1. The van der Waals surface area contributed by atoms with Crippen molar-refractivity contribution in [3.8, 4) is 5.75 Å². The van der Waals surface area contributed by atoms with Gasteiger partial charge in [-0.1, -0.05) is 6.07 Å². The summed E-state index contributed by atoms with van der Waals surface area (Å²) in [5, 5.41) is 0. The van der Waals surface area contributed by atoms with E-state index in [1.54, 1.807) is 0 Å². The van der Waals surface area contributed by atoms with Crippen LogP contribution in [0.2, 0.25) is 0 Å². The summed E-state index contributed by atoms with van der Waals surface area (Å²) < 4.78 is 41.1. The molecule has 82 valence electrons. The van der Waals surface area contributed by atoms with Crippen molar-refractivity contribution in [3.05, 3.63) is 29.1 Å². The van der Waals surface area contributed by atoms with E-state index in [9.17, 15) is 18.0 Å². The van der Waals surface area contributed by atoms with Gasteiger partial charge in [0.15, 0.2) is 17.3 Å². The fourth-order valence-electron chi connectivity index (χ4n) is 1.27. The van der Waals surface area contributed by atoms with E-state index in [1.807, 2.05) is 0 Å². The number of ether oxygens (including phenoxy) is 1. The lowest BCUT2D eigenvalue weighted by Gasteiger charge is -2.09. The van der Waals surface area contributed by atoms with Gasteiger partial charge in [0, 0.05) is 0 Å². The van der Waals surface area contributed by atoms with Crippen molar-refractivity contribution >= 4 is 5.78 Å². The summed E-state index contributed by atoms with van der Waals surface area (Å²) in [5.41, 5.74) is 0.176. The van der Waals surface area contributed by atoms with Crippen molar-refractivity contribution in [1.82, 2.24) is 0 Å². The van der Waals surface area contributed by atoms with Gasteiger partial charge in [0.25, 0.3) is 0 Å². The van der Waals surface area contributed by atoms with Crippen LogP contribution in [0.4, 0.5) is 13.2 Å². The van der Waals surface area contributed by atoms with E-state index >= 15 is 0 Å². The normalized spacial score (nSPS) is 10.5. The lowest BCUT2D eigenvalue weighted by molar-refractivity contribution is -0.0522. The van der Waals surface area contributed by atoms with Gasteiger partial charge in [0.2, 0.25) is 0 Å². The fraction of sp³-hybridized carbons (Fsp3) is 0.300. The molecule has 0 radical (unpaired) electrons. The molecule has 0 spiro atoms. The van der Waals surface area contributed by atoms with Crippen LogP contribution in [0.1, 0.15) is 22.8 Å². The van der Waals surface area contributed by atoms with Gasteiger partial charge in [-0.3, -0.25) is 4.79 Å². The molecular formula is C10H9F3O2. The van der Waals surface area contributed by atoms with E-state index in [0.29, 0.717) is 5.56 Å². The summed E-state index contributed by atoms with van der Waals surface area (Å²) in [6, 6.07) is 2.43. The van der Waals surface area contributed by atoms with Crippen LogP contribution >= 0.6 is 0 Å². The minimum absolute atomic E-state index is 0.215. The highest BCUT2D eigenvalue weighted by atomic mass is 19.3. The number of ketones is 1. The van der Waals surface area contributed by atoms with Crippen molar-refractivity contribution in [2.45, 2.75) is 20.5 Å². The summed E-state index contributed by atoms with van der Waals surface area (Å²) in [7, 11) is 0. The molecule has 2 nitrogen and oxygen atoms in total.